The zero-order valence-electron chi connectivity index (χ0n) is 15.7. The molecule has 1 aliphatic rings. The zero-order valence-corrected chi connectivity index (χ0v) is 15.7. The Labute approximate surface area is 164 Å². The average Bonchev–Trinajstić information content (AvgIpc) is 2.74. The number of benzene rings is 3. The highest BCUT2D eigenvalue weighted by Gasteiger charge is 2.31. The molecule has 138 valence electrons. The Morgan fingerprint density at radius 2 is 1.64 bits per heavy atom. The number of anilines is 1. The van der Waals surface area contributed by atoms with Crippen LogP contribution in [0.3, 0.4) is 0 Å². The lowest BCUT2D eigenvalue weighted by atomic mass is 9.76. The lowest BCUT2D eigenvalue weighted by Gasteiger charge is -2.30. The van der Waals surface area contributed by atoms with E-state index in [4.69, 9.17) is 4.98 Å². The number of nitrogens with zero attached hydrogens (tertiary/aromatic N) is 1. The van der Waals surface area contributed by atoms with Gasteiger partial charge in [0.2, 0.25) is 0 Å². The summed E-state index contributed by atoms with van der Waals surface area (Å²) in [5, 5.41) is 5.64. The third kappa shape index (κ3) is 2.58. The van der Waals surface area contributed by atoms with Crippen LogP contribution in [0.2, 0.25) is 0 Å². The predicted octanol–water partition coefficient (Wildman–Crippen LogP) is 6.16. The van der Waals surface area contributed by atoms with Crippen LogP contribution in [0, 0.1) is 5.82 Å². The number of hydrogen-bond donors (Lipinski definition) is 1. The second-order valence-electron chi connectivity index (χ2n) is 7.23. The summed E-state index contributed by atoms with van der Waals surface area (Å²) in [6.07, 6.45) is 0.774. The number of fused-ring (bicyclic) bond motifs is 5. The molecule has 1 heterocycles. The summed E-state index contributed by atoms with van der Waals surface area (Å²) in [5.74, 6) is 0.678. The Morgan fingerprint density at radius 1 is 0.929 bits per heavy atom. The van der Waals surface area contributed by atoms with E-state index in [1.807, 2.05) is 18.2 Å². The second-order valence-corrected chi connectivity index (χ2v) is 7.23. The van der Waals surface area contributed by atoms with E-state index in [1.54, 1.807) is 12.1 Å². The van der Waals surface area contributed by atoms with Crippen LogP contribution >= 0.6 is 0 Å². The van der Waals surface area contributed by atoms with E-state index in [0.29, 0.717) is 0 Å². The van der Waals surface area contributed by atoms with Gasteiger partial charge in [-0.1, -0.05) is 66.7 Å². The minimum absolute atomic E-state index is 0.0563. The van der Waals surface area contributed by atoms with Crippen LogP contribution < -0.4 is 5.32 Å². The van der Waals surface area contributed by atoms with Crippen molar-refractivity contribution in [3.05, 3.63) is 95.3 Å². The van der Waals surface area contributed by atoms with Gasteiger partial charge in [-0.05, 0) is 41.5 Å². The van der Waals surface area contributed by atoms with Gasteiger partial charge in [0.05, 0.1) is 5.69 Å². The summed E-state index contributed by atoms with van der Waals surface area (Å²) in [6.45, 7) is 2.88. The van der Waals surface area contributed by atoms with Crippen LogP contribution in [0.15, 0.2) is 72.8 Å². The maximum Gasteiger partial charge on any atom is 0.134 e. The van der Waals surface area contributed by atoms with Crippen LogP contribution in [0.4, 0.5) is 10.2 Å². The number of nitrogens with one attached hydrogen (secondary N) is 1. The molecule has 0 amide bonds. The van der Waals surface area contributed by atoms with Gasteiger partial charge >= 0.3 is 0 Å². The van der Waals surface area contributed by atoms with Gasteiger partial charge in [-0.25, -0.2) is 9.37 Å². The fourth-order valence-corrected chi connectivity index (χ4v) is 4.42. The highest BCUT2D eigenvalue weighted by atomic mass is 19.1. The van der Waals surface area contributed by atoms with Crippen LogP contribution in [-0.4, -0.2) is 11.5 Å². The van der Waals surface area contributed by atoms with Crippen molar-refractivity contribution in [1.29, 1.82) is 0 Å². The fraction of sp³-hybridized carbons (Fsp3) is 0.160. The molecule has 3 heteroatoms. The molecule has 28 heavy (non-hydrogen) atoms. The third-order valence-electron chi connectivity index (χ3n) is 5.62. The Balaban J connectivity index is 1.88. The summed E-state index contributed by atoms with van der Waals surface area (Å²) in [4.78, 5) is 5.04. The van der Waals surface area contributed by atoms with Crippen LogP contribution in [0.25, 0.3) is 22.0 Å². The van der Waals surface area contributed by atoms with Crippen molar-refractivity contribution in [3.63, 3.8) is 0 Å². The van der Waals surface area contributed by atoms with Gasteiger partial charge in [0.1, 0.15) is 11.6 Å². The molecule has 4 aromatic rings. The minimum atomic E-state index is -0.155. The zero-order chi connectivity index (χ0) is 19.1. The van der Waals surface area contributed by atoms with Crippen molar-refractivity contribution < 1.29 is 4.39 Å². The van der Waals surface area contributed by atoms with Gasteiger partial charge in [-0.2, -0.15) is 0 Å². The SMILES string of the molecule is CCNc1nc2c(c3ccccc13)C(c1ccccc1F)Cc1ccccc1-2. The monoisotopic (exact) mass is 368 g/mol. The van der Waals surface area contributed by atoms with Gasteiger partial charge in [-0.3, -0.25) is 0 Å². The lowest BCUT2D eigenvalue weighted by Crippen LogP contribution is -2.16. The smallest absolute Gasteiger partial charge is 0.134 e. The molecule has 2 nitrogen and oxygen atoms in total. The fourth-order valence-electron chi connectivity index (χ4n) is 4.42. The van der Waals surface area contributed by atoms with E-state index in [0.717, 1.165) is 51.9 Å². The van der Waals surface area contributed by atoms with Crippen LogP contribution in [0.1, 0.15) is 29.5 Å². The van der Waals surface area contributed by atoms with Crippen LogP contribution in [0.5, 0.6) is 0 Å². The average molecular weight is 368 g/mol. The summed E-state index contributed by atoms with van der Waals surface area (Å²) in [5.41, 5.74) is 5.19. The van der Waals surface area contributed by atoms with E-state index in [2.05, 4.69) is 54.7 Å². The van der Waals surface area contributed by atoms with E-state index in [1.165, 1.54) is 5.56 Å². The molecule has 0 bridgehead atoms. The molecule has 1 aliphatic carbocycles. The Hall–Kier alpha value is -3.20. The quantitative estimate of drug-likeness (QED) is 0.468. The van der Waals surface area contributed by atoms with E-state index in [-0.39, 0.29) is 11.7 Å². The molecular weight excluding hydrogens is 347 g/mol. The normalized spacial score (nSPS) is 15.1. The largest absolute Gasteiger partial charge is 0.370 e. The molecule has 0 saturated carbocycles. The molecule has 0 radical (unpaired) electrons. The van der Waals surface area contributed by atoms with Crippen molar-refractivity contribution in [3.8, 4) is 11.3 Å². The second kappa shape index (κ2) is 6.75. The van der Waals surface area contributed by atoms with Gasteiger partial charge in [0, 0.05) is 23.4 Å². The Kier molecular flexibility index (Phi) is 4.09. The lowest BCUT2D eigenvalue weighted by molar-refractivity contribution is 0.594. The first-order valence-electron chi connectivity index (χ1n) is 9.77. The van der Waals surface area contributed by atoms with Crippen molar-refractivity contribution in [2.24, 2.45) is 0 Å². The molecule has 0 saturated heterocycles. The van der Waals surface area contributed by atoms with E-state index in [9.17, 15) is 4.39 Å². The molecule has 1 aromatic heterocycles. The molecule has 1 unspecified atom stereocenters. The summed E-state index contributed by atoms with van der Waals surface area (Å²) >= 11 is 0. The Bertz CT molecular complexity index is 1180. The maximum absolute atomic E-state index is 14.8. The molecule has 5 rings (SSSR count). The number of pyridine rings is 1. The van der Waals surface area contributed by atoms with Gasteiger partial charge < -0.3 is 5.32 Å². The van der Waals surface area contributed by atoms with E-state index < -0.39 is 0 Å². The topological polar surface area (TPSA) is 24.9 Å². The predicted molar refractivity (Wildman–Crippen MR) is 113 cm³/mol. The molecule has 0 aliphatic heterocycles. The standard InChI is InChI=1S/C25H21FN2/c1-2-27-25-20-13-6-5-12-19(20)23-21(18-11-7-8-14-22(18)26)15-16-9-3-4-10-17(16)24(23)28-25/h3-14,21H,2,15H2,1H3,(H,27,28). The summed E-state index contributed by atoms with van der Waals surface area (Å²) < 4.78 is 14.8. The molecule has 0 fully saturated rings. The Morgan fingerprint density at radius 3 is 2.46 bits per heavy atom. The first-order valence-corrected chi connectivity index (χ1v) is 9.77. The molecule has 1 N–H and O–H groups in total. The minimum Gasteiger partial charge on any atom is -0.370 e. The van der Waals surface area contributed by atoms with E-state index >= 15 is 0 Å². The maximum atomic E-state index is 14.8. The van der Waals surface area contributed by atoms with Gasteiger partial charge in [0.15, 0.2) is 0 Å². The number of hydrogen-bond acceptors (Lipinski definition) is 2. The first-order chi connectivity index (χ1) is 13.8. The number of halogens is 1. The van der Waals surface area contributed by atoms with Crippen molar-refractivity contribution in [2.45, 2.75) is 19.3 Å². The molecular formula is C25H21FN2. The van der Waals surface area contributed by atoms with Gasteiger partial charge in [0.25, 0.3) is 0 Å². The van der Waals surface area contributed by atoms with Crippen molar-refractivity contribution in [1.82, 2.24) is 4.98 Å². The number of aromatic nitrogens is 1. The molecule has 0 spiro atoms. The highest BCUT2D eigenvalue weighted by Crippen LogP contribution is 2.46. The van der Waals surface area contributed by atoms with Gasteiger partial charge in [-0.15, -0.1) is 0 Å². The van der Waals surface area contributed by atoms with Crippen LogP contribution in [-0.2, 0) is 6.42 Å². The van der Waals surface area contributed by atoms with Crippen molar-refractivity contribution >= 4 is 16.6 Å². The first kappa shape index (κ1) is 16.9. The highest BCUT2D eigenvalue weighted by molar-refractivity contribution is 5.99. The summed E-state index contributed by atoms with van der Waals surface area (Å²) in [6, 6.07) is 23.8. The molecule has 1 atom stereocenters. The number of rotatable bonds is 3. The summed E-state index contributed by atoms with van der Waals surface area (Å²) in [7, 11) is 0. The third-order valence-corrected chi connectivity index (χ3v) is 5.62. The van der Waals surface area contributed by atoms with Crippen molar-refractivity contribution in [2.75, 3.05) is 11.9 Å². The molecule has 3 aromatic carbocycles.